The molecule has 1 unspecified atom stereocenters. The van der Waals surface area contributed by atoms with Gasteiger partial charge in [0, 0.05) is 58.3 Å². The van der Waals surface area contributed by atoms with Crippen LogP contribution in [-0.2, 0) is 4.79 Å². The molecule has 2 rings (SSSR count). The Morgan fingerprint density at radius 2 is 1.95 bits per heavy atom. The first-order chi connectivity index (χ1) is 10.6. The average molecular weight is 307 g/mol. The van der Waals surface area contributed by atoms with Crippen molar-refractivity contribution >= 4 is 11.9 Å². The molecule has 0 aliphatic carbocycles. The maximum absolute atomic E-state index is 11.5. The van der Waals surface area contributed by atoms with Gasteiger partial charge in [0.15, 0.2) is 5.96 Å². The number of amides is 1. The molecule has 1 atom stereocenters. The zero-order chi connectivity index (χ0) is 15.9. The van der Waals surface area contributed by atoms with Crippen LogP contribution in [0.25, 0.3) is 0 Å². The van der Waals surface area contributed by atoms with E-state index in [1.54, 1.807) is 0 Å². The number of likely N-dealkylation sites (tertiary alicyclic amines) is 1. The van der Waals surface area contributed by atoms with E-state index in [4.69, 9.17) is 0 Å². The molecule has 0 bridgehead atoms. The van der Waals surface area contributed by atoms with Crippen LogP contribution in [0.2, 0.25) is 0 Å². The molecule has 124 valence electrons. The van der Waals surface area contributed by atoms with Crippen LogP contribution in [0.15, 0.2) is 17.1 Å². The monoisotopic (exact) mass is 307 g/mol. The van der Waals surface area contributed by atoms with Crippen LogP contribution in [0.4, 0.5) is 0 Å². The summed E-state index contributed by atoms with van der Waals surface area (Å²) in [6, 6.07) is 0.620. The van der Waals surface area contributed by atoms with Gasteiger partial charge < -0.3 is 15.5 Å². The standard InChI is InChI=1S/C16H29N5O/c1-13(2)15(22)18-7-8-19-16(17-3)21-11-6-14(12-21)20-9-4-5-10-20/h4-5,13-14H,6-12H2,1-3H3,(H,17,19)(H,18,22). The summed E-state index contributed by atoms with van der Waals surface area (Å²) in [6.45, 7) is 9.36. The van der Waals surface area contributed by atoms with Gasteiger partial charge in [0.25, 0.3) is 0 Å². The quantitative estimate of drug-likeness (QED) is 0.331. The van der Waals surface area contributed by atoms with Crippen molar-refractivity contribution in [2.45, 2.75) is 26.3 Å². The number of nitrogens with zero attached hydrogens (tertiary/aromatic N) is 3. The highest BCUT2D eigenvalue weighted by Crippen LogP contribution is 2.17. The lowest BCUT2D eigenvalue weighted by Gasteiger charge is -2.25. The van der Waals surface area contributed by atoms with Crippen LogP contribution in [0.1, 0.15) is 20.3 Å². The van der Waals surface area contributed by atoms with Crippen LogP contribution >= 0.6 is 0 Å². The van der Waals surface area contributed by atoms with Gasteiger partial charge in [0.2, 0.25) is 5.91 Å². The fourth-order valence-corrected chi connectivity index (χ4v) is 2.92. The minimum absolute atomic E-state index is 0.0349. The first kappa shape index (κ1) is 16.8. The zero-order valence-electron chi connectivity index (χ0n) is 14.0. The molecule has 22 heavy (non-hydrogen) atoms. The Hall–Kier alpha value is -1.56. The largest absolute Gasteiger partial charge is 0.354 e. The first-order valence-corrected chi connectivity index (χ1v) is 8.24. The Balaban J connectivity index is 1.70. The third-order valence-electron chi connectivity index (χ3n) is 4.27. The molecule has 2 aliphatic rings. The molecule has 1 fully saturated rings. The molecule has 0 aromatic carbocycles. The summed E-state index contributed by atoms with van der Waals surface area (Å²) < 4.78 is 0. The van der Waals surface area contributed by atoms with E-state index in [2.05, 4.69) is 37.6 Å². The minimum Gasteiger partial charge on any atom is -0.354 e. The second-order valence-corrected chi connectivity index (χ2v) is 6.23. The highest BCUT2D eigenvalue weighted by Gasteiger charge is 2.29. The van der Waals surface area contributed by atoms with Crippen LogP contribution < -0.4 is 10.6 Å². The number of nitrogens with one attached hydrogen (secondary N) is 2. The van der Waals surface area contributed by atoms with Gasteiger partial charge in [-0.2, -0.15) is 0 Å². The number of aliphatic imine (C=N–C) groups is 1. The van der Waals surface area contributed by atoms with Gasteiger partial charge in [-0.05, 0) is 6.42 Å². The van der Waals surface area contributed by atoms with Crippen LogP contribution in [-0.4, -0.2) is 74.0 Å². The molecule has 2 aliphatic heterocycles. The van der Waals surface area contributed by atoms with Crippen LogP contribution in [0.5, 0.6) is 0 Å². The average Bonchev–Trinajstić information content (AvgIpc) is 3.17. The molecule has 6 nitrogen and oxygen atoms in total. The molecule has 0 aromatic heterocycles. The van der Waals surface area contributed by atoms with E-state index < -0.39 is 0 Å². The third kappa shape index (κ3) is 4.47. The van der Waals surface area contributed by atoms with Crippen molar-refractivity contribution in [2.24, 2.45) is 10.9 Å². The van der Waals surface area contributed by atoms with E-state index in [9.17, 15) is 4.79 Å². The Kier molecular flexibility index (Phi) is 6.24. The lowest BCUT2D eigenvalue weighted by atomic mass is 10.2. The normalized spacial score (nSPS) is 22.6. The van der Waals surface area contributed by atoms with Crippen molar-refractivity contribution in [2.75, 3.05) is 46.3 Å². The highest BCUT2D eigenvalue weighted by atomic mass is 16.1. The van der Waals surface area contributed by atoms with E-state index in [-0.39, 0.29) is 11.8 Å². The SMILES string of the molecule is CN=C(NCCNC(=O)C(C)C)N1CCC(N2CC=CC2)C1. The van der Waals surface area contributed by atoms with Gasteiger partial charge >= 0.3 is 0 Å². The van der Waals surface area contributed by atoms with Crippen molar-refractivity contribution in [3.05, 3.63) is 12.2 Å². The maximum atomic E-state index is 11.5. The highest BCUT2D eigenvalue weighted by molar-refractivity contribution is 5.80. The van der Waals surface area contributed by atoms with Crippen molar-refractivity contribution < 1.29 is 4.79 Å². The van der Waals surface area contributed by atoms with Crippen molar-refractivity contribution in [3.63, 3.8) is 0 Å². The Morgan fingerprint density at radius 3 is 2.59 bits per heavy atom. The van der Waals surface area contributed by atoms with Gasteiger partial charge in [0.05, 0.1) is 0 Å². The summed E-state index contributed by atoms with van der Waals surface area (Å²) in [6.07, 6.45) is 5.67. The smallest absolute Gasteiger partial charge is 0.222 e. The summed E-state index contributed by atoms with van der Waals surface area (Å²) in [5.74, 6) is 1.07. The predicted octanol–water partition coefficient (Wildman–Crippen LogP) is 0.280. The minimum atomic E-state index is 0.0349. The van der Waals surface area contributed by atoms with E-state index in [0.29, 0.717) is 19.1 Å². The summed E-state index contributed by atoms with van der Waals surface area (Å²) in [5, 5.41) is 6.26. The summed E-state index contributed by atoms with van der Waals surface area (Å²) in [5.41, 5.74) is 0. The Labute approximate surface area is 133 Å². The fourth-order valence-electron chi connectivity index (χ4n) is 2.92. The van der Waals surface area contributed by atoms with Gasteiger partial charge in [0.1, 0.15) is 0 Å². The number of rotatable bonds is 5. The Morgan fingerprint density at radius 1 is 1.27 bits per heavy atom. The molecule has 2 heterocycles. The van der Waals surface area contributed by atoms with Gasteiger partial charge in [-0.15, -0.1) is 0 Å². The van der Waals surface area contributed by atoms with Crippen LogP contribution in [0.3, 0.4) is 0 Å². The van der Waals surface area contributed by atoms with Crippen molar-refractivity contribution in [1.29, 1.82) is 0 Å². The van der Waals surface area contributed by atoms with Gasteiger partial charge in [-0.3, -0.25) is 14.7 Å². The summed E-state index contributed by atoms with van der Waals surface area (Å²) in [7, 11) is 1.82. The Bertz CT molecular complexity index is 424. The van der Waals surface area contributed by atoms with E-state index in [1.165, 1.54) is 6.42 Å². The fraction of sp³-hybridized carbons (Fsp3) is 0.750. The zero-order valence-corrected chi connectivity index (χ0v) is 14.0. The molecule has 0 spiro atoms. The number of guanidine groups is 1. The van der Waals surface area contributed by atoms with Crippen molar-refractivity contribution in [3.8, 4) is 0 Å². The van der Waals surface area contributed by atoms with Gasteiger partial charge in [-0.1, -0.05) is 26.0 Å². The lowest BCUT2D eigenvalue weighted by molar-refractivity contribution is -0.123. The predicted molar refractivity (Wildman–Crippen MR) is 89.9 cm³/mol. The topological polar surface area (TPSA) is 60.0 Å². The molecule has 1 saturated heterocycles. The van der Waals surface area contributed by atoms with Crippen molar-refractivity contribution in [1.82, 2.24) is 20.4 Å². The second-order valence-electron chi connectivity index (χ2n) is 6.23. The summed E-state index contributed by atoms with van der Waals surface area (Å²) >= 11 is 0. The molecule has 0 radical (unpaired) electrons. The van der Waals surface area contributed by atoms with Gasteiger partial charge in [-0.25, -0.2) is 0 Å². The number of hydrogen-bond acceptors (Lipinski definition) is 3. The maximum Gasteiger partial charge on any atom is 0.222 e. The molecule has 0 saturated carbocycles. The number of carbonyl (C=O) groups excluding carboxylic acids is 1. The summed E-state index contributed by atoms with van der Waals surface area (Å²) in [4.78, 5) is 20.7. The lowest BCUT2D eigenvalue weighted by Crippen LogP contribution is -2.45. The van der Waals surface area contributed by atoms with E-state index in [1.807, 2.05) is 20.9 Å². The molecule has 6 heteroatoms. The van der Waals surface area contributed by atoms with E-state index >= 15 is 0 Å². The third-order valence-corrected chi connectivity index (χ3v) is 4.27. The molecule has 2 N–H and O–H groups in total. The number of hydrogen-bond donors (Lipinski definition) is 2. The van der Waals surface area contributed by atoms with Crippen LogP contribution in [0, 0.1) is 5.92 Å². The number of carbonyl (C=O) groups is 1. The second kappa shape index (κ2) is 8.17. The molecular formula is C16H29N5O. The molecule has 1 amide bonds. The molecule has 0 aromatic rings. The van der Waals surface area contributed by atoms with E-state index in [0.717, 1.165) is 32.1 Å². The molecular weight excluding hydrogens is 278 g/mol. The first-order valence-electron chi connectivity index (χ1n) is 8.24.